The van der Waals surface area contributed by atoms with Crippen LogP contribution in [0.5, 0.6) is 0 Å². The number of carbonyl (C=O) groups excluding carboxylic acids is 2. The molecule has 1 rings (SSSR count). The van der Waals surface area contributed by atoms with Crippen LogP contribution in [0.25, 0.3) is 0 Å². The Morgan fingerprint density at radius 2 is 1.91 bits per heavy atom. The van der Waals surface area contributed by atoms with Crippen molar-refractivity contribution in [2.24, 2.45) is 4.99 Å². The van der Waals surface area contributed by atoms with Gasteiger partial charge in [0.1, 0.15) is 5.82 Å². The molecule has 22 heavy (non-hydrogen) atoms. The number of nitrogens with one attached hydrogen (secondary N) is 1. The maximum atomic E-state index is 13.4. The van der Waals surface area contributed by atoms with Crippen molar-refractivity contribution < 1.29 is 18.7 Å². The minimum absolute atomic E-state index is 0.176. The van der Waals surface area contributed by atoms with Crippen LogP contribution < -0.4 is 4.72 Å². The first-order valence-electron chi connectivity index (χ1n) is 6.15. The normalized spacial score (nSPS) is 10.9. The molecule has 9 heteroatoms. The molecular formula is C13H17FN4O3S. The van der Waals surface area contributed by atoms with Gasteiger partial charge in [-0.05, 0) is 24.1 Å². The molecule has 0 bridgehead atoms. The highest BCUT2D eigenvalue weighted by Crippen LogP contribution is 2.18. The van der Waals surface area contributed by atoms with Gasteiger partial charge in [0.2, 0.25) is 0 Å². The summed E-state index contributed by atoms with van der Waals surface area (Å²) in [6, 6.07) is 4.66. The summed E-state index contributed by atoms with van der Waals surface area (Å²) in [5.74, 6) is -0.445. The second-order valence-electron chi connectivity index (χ2n) is 4.27. The molecule has 0 saturated carbocycles. The Kier molecular flexibility index (Phi) is 6.64. The van der Waals surface area contributed by atoms with Crippen LogP contribution in [0.15, 0.2) is 34.2 Å². The number of benzene rings is 1. The van der Waals surface area contributed by atoms with Gasteiger partial charge in [-0.2, -0.15) is 0 Å². The first-order chi connectivity index (χ1) is 10.4. The largest absolute Gasteiger partial charge is 0.468 e. The van der Waals surface area contributed by atoms with E-state index in [-0.39, 0.29) is 10.9 Å². The van der Waals surface area contributed by atoms with Crippen LogP contribution >= 0.6 is 11.9 Å². The van der Waals surface area contributed by atoms with E-state index >= 15 is 0 Å². The third-order valence-electron chi connectivity index (χ3n) is 2.43. The Bertz CT molecular complexity index is 580. The van der Waals surface area contributed by atoms with Gasteiger partial charge in [0, 0.05) is 21.1 Å². The number of amidine groups is 1. The second kappa shape index (κ2) is 8.23. The van der Waals surface area contributed by atoms with Crippen molar-refractivity contribution in [3.05, 3.63) is 30.1 Å². The van der Waals surface area contributed by atoms with Gasteiger partial charge in [-0.25, -0.2) is 14.0 Å². The molecule has 1 aromatic carbocycles. The quantitative estimate of drug-likeness (QED) is 0.513. The van der Waals surface area contributed by atoms with Crippen LogP contribution in [-0.4, -0.2) is 56.1 Å². The fraction of sp³-hybridized carbons (Fsp3) is 0.308. The highest BCUT2D eigenvalue weighted by molar-refractivity contribution is 7.98. The van der Waals surface area contributed by atoms with E-state index in [0.717, 1.165) is 16.8 Å². The molecule has 0 aromatic heterocycles. The smallest absolute Gasteiger partial charge is 0.347 e. The van der Waals surface area contributed by atoms with E-state index < -0.39 is 17.9 Å². The third kappa shape index (κ3) is 4.92. The number of rotatable bonds is 2. The van der Waals surface area contributed by atoms with Gasteiger partial charge >= 0.3 is 18.1 Å². The molecular weight excluding hydrogens is 311 g/mol. The molecule has 0 aliphatic carbocycles. The van der Waals surface area contributed by atoms with Crippen LogP contribution in [0.4, 0.5) is 14.0 Å². The van der Waals surface area contributed by atoms with Crippen LogP contribution in [0.1, 0.15) is 0 Å². The van der Waals surface area contributed by atoms with Crippen molar-refractivity contribution in [2.45, 2.75) is 4.90 Å². The van der Waals surface area contributed by atoms with Crippen LogP contribution in [0.3, 0.4) is 0 Å². The van der Waals surface area contributed by atoms with Gasteiger partial charge in [-0.15, -0.1) is 4.99 Å². The van der Waals surface area contributed by atoms with E-state index in [4.69, 9.17) is 4.74 Å². The van der Waals surface area contributed by atoms with E-state index in [9.17, 15) is 14.0 Å². The number of methoxy groups -OCH3 is 1. The highest BCUT2D eigenvalue weighted by Gasteiger charge is 2.18. The van der Waals surface area contributed by atoms with Crippen molar-refractivity contribution in [3.63, 3.8) is 0 Å². The van der Waals surface area contributed by atoms with E-state index in [1.807, 2.05) is 0 Å². The number of halogens is 1. The zero-order valence-corrected chi connectivity index (χ0v) is 13.5. The predicted octanol–water partition coefficient (Wildman–Crippen LogP) is 2.16. The van der Waals surface area contributed by atoms with E-state index in [2.05, 4.69) is 9.71 Å². The van der Waals surface area contributed by atoms with Gasteiger partial charge in [-0.1, -0.05) is 12.1 Å². The number of hydrogen-bond donors (Lipinski definition) is 1. The summed E-state index contributed by atoms with van der Waals surface area (Å²) in [6.07, 6.45) is 0. The molecule has 7 nitrogen and oxygen atoms in total. The molecule has 120 valence electrons. The summed E-state index contributed by atoms with van der Waals surface area (Å²) in [5, 5.41) is 0. The lowest BCUT2D eigenvalue weighted by molar-refractivity contribution is 0.218. The topological polar surface area (TPSA) is 74.2 Å². The van der Waals surface area contributed by atoms with Crippen molar-refractivity contribution in [1.82, 2.24) is 14.5 Å². The highest BCUT2D eigenvalue weighted by atomic mass is 32.2. The molecule has 0 saturated heterocycles. The summed E-state index contributed by atoms with van der Waals surface area (Å²) >= 11 is 0.814. The van der Waals surface area contributed by atoms with Gasteiger partial charge in [0.25, 0.3) is 0 Å². The number of urea groups is 2. The van der Waals surface area contributed by atoms with Gasteiger partial charge < -0.3 is 9.64 Å². The van der Waals surface area contributed by atoms with Crippen molar-refractivity contribution in [2.75, 3.05) is 28.3 Å². The predicted molar refractivity (Wildman–Crippen MR) is 82.1 cm³/mol. The van der Waals surface area contributed by atoms with E-state index in [1.165, 1.54) is 45.3 Å². The zero-order chi connectivity index (χ0) is 16.7. The second-order valence-corrected chi connectivity index (χ2v) is 5.12. The summed E-state index contributed by atoms with van der Waals surface area (Å²) in [7, 11) is 5.71. The van der Waals surface area contributed by atoms with Crippen LogP contribution in [0, 0.1) is 5.82 Å². The fourth-order valence-corrected chi connectivity index (χ4v) is 1.87. The molecule has 1 aromatic rings. The number of nitrogens with zero attached hydrogens (tertiary/aromatic N) is 3. The molecule has 1 N–H and O–H groups in total. The Morgan fingerprint density at radius 1 is 1.27 bits per heavy atom. The average molecular weight is 328 g/mol. The minimum Gasteiger partial charge on any atom is -0.468 e. The molecule has 0 radical (unpaired) electrons. The first-order valence-corrected chi connectivity index (χ1v) is 6.97. The van der Waals surface area contributed by atoms with Gasteiger partial charge in [0.05, 0.1) is 12.0 Å². The number of amides is 4. The fourth-order valence-electron chi connectivity index (χ4n) is 1.22. The molecule has 0 spiro atoms. The van der Waals surface area contributed by atoms with Crippen molar-refractivity contribution in [3.8, 4) is 0 Å². The molecule has 0 aliphatic rings. The summed E-state index contributed by atoms with van der Waals surface area (Å²) < 4.78 is 20.8. The Labute approximate surface area is 132 Å². The first kappa shape index (κ1) is 17.8. The van der Waals surface area contributed by atoms with E-state index in [1.54, 1.807) is 12.1 Å². The number of aliphatic imine (C=N–C) groups is 1. The lowest BCUT2D eigenvalue weighted by Crippen LogP contribution is -2.40. The van der Waals surface area contributed by atoms with Gasteiger partial charge in [-0.3, -0.25) is 9.62 Å². The summed E-state index contributed by atoms with van der Waals surface area (Å²) in [4.78, 5) is 29.6. The van der Waals surface area contributed by atoms with Crippen LogP contribution in [0.2, 0.25) is 0 Å². The molecule has 0 heterocycles. The SMILES string of the molecule is COC(=NC(=O)N(C)C)N(C)C(=O)NSc1ccccc1F. The standard InChI is InChI=1S/C13H17FN4O3S/c1-17(2)11(19)15-13(21-4)18(3)12(20)16-22-10-8-6-5-7-9(10)14/h5-8H,1-4H3,(H,16,20). The number of hydrogen-bond acceptors (Lipinski definition) is 4. The molecule has 0 unspecified atom stereocenters. The molecule has 4 amide bonds. The number of ether oxygens (including phenoxy) is 1. The molecule has 0 atom stereocenters. The number of carbonyl (C=O) groups is 2. The summed E-state index contributed by atoms with van der Waals surface area (Å²) in [5.41, 5.74) is 0. The maximum absolute atomic E-state index is 13.4. The monoisotopic (exact) mass is 328 g/mol. The minimum atomic E-state index is -0.611. The van der Waals surface area contributed by atoms with Crippen LogP contribution in [-0.2, 0) is 4.74 Å². The van der Waals surface area contributed by atoms with Crippen molar-refractivity contribution >= 4 is 30.0 Å². The van der Waals surface area contributed by atoms with Crippen molar-refractivity contribution in [1.29, 1.82) is 0 Å². The maximum Gasteiger partial charge on any atom is 0.347 e. The molecule has 0 fully saturated rings. The van der Waals surface area contributed by atoms with E-state index in [0.29, 0.717) is 0 Å². The lowest BCUT2D eigenvalue weighted by atomic mass is 10.4. The Morgan fingerprint density at radius 3 is 2.45 bits per heavy atom. The Balaban J connectivity index is 2.71. The molecule has 0 aliphatic heterocycles. The zero-order valence-electron chi connectivity index (χ0n) is 12.7. The average Bonchev–Trinajstić information content (AvgIpc) is 2.50. The third-order valence-corrected chi connectivity index (χ3v) is 3.26. The lowest BCUT2D eigenvalue weighted by Gasteiger charge is -2.18. The summed E-state index contributed by atoms with van der Waals surface area (Å²) in [6.45, 7) is 0. The Hall–Kier alpha value is -2.29. The van der Waals surface area contributed by atoms with Gasteiger partial charge in [0.15, 0.2) is 0 Å².